The molecule has 0 N–H and O–H groups in total. The molecule has 0 bridgehead atoms. The third-order valence-electron chi connectivity index (χ3n) is 5.93. The molecule has 1 aromatic carbocycles. The van der Waals surface area contributed by atoms with Crippen molar-refractivity contribution in [2.45, 2.75) is 64.5 Å². The van der Waals surface area contributed by atoms with Crippen molar-refractivity contribution in [2.24, 2.45) is 5.92 Å². The fourth-order valence-electron chi connectivity index (χ4n) is 4.30. The van der Waals surface area contributed by atoms with E-state index in [4.69, 9.17) is 0 Å². The molecule has 2 aliphatic rings. The number of aryl methyl sites for hydroxylation is 1. The lowest BCUT2D eigenvalue weighted by molar-refractivity contribution is -0.133. The van der Waals surface area contributed by atoms with Crippen molar-refractivity contribution in [3.05, 3.63) is 52.8 Å². The summed E-state index contributed by atoms with van der Waals surface area (Å²) in [5, 5.41) is 4.37. The highest BCUT2D eigenvalue weighted by molar-refractivity contribution is 5.77. The van der Waals surface area contributed by atoms with Crippen molar-refractivity contribution in [1.29, 1.82) is 0 Å². The Morgan fingerprint density at radius 2 is 2.00 bits per heavy atom. The van der Waals surface area contributed by atoms with Crippen LogP contribution in [0, 0.1) is 12.8 Å². The second-order valence-corrected chi connectivity index (χ2v) is 8.49. The molecular formula is C22H27F2N3O. The van der Waals surface area contributed by atoms with Gasteiger partial charge in [0.1, 0.15) is 12.2 Å². The molecular weight excluding hydrogens is 360 g/mol. The van der Waals surface area contributed by atoms with Crippen LogP contribution in [0.4, 0.5) is 8.78 Å². The molecule has 4 rings (SSSR count). The SMILES string of the molecule is Cc1cccc(C2[C@H](C)CCN2C(=O)Cn2nc(C3CC3)cc2C(C)(F)F)c1. The van der Waals surface area contributed by atoms with Crippen molar-refractivity contribution in [3.8, 4) is 0 Å². The van der Waals surface area contributed by atoms with Gasteiger partial charge in [-0.05, 0) is 43.7 Å². The van der Waals surface area contributed by atoms with Gasteiger partial charge in [0, 0.05) is 19.4 Å². The summed E-state index contributed by atoms with van der Waals surface area (Å²) < 4.78 is 29.4. The van der Waals surface area contributed by atoms with Crippen molar-refractivity contribution < 1.29 is 13.6 Å². The van der Waals surface area contributed by atoms with Gasteiger partial charge >= 0.3 is 0 Å². The summed E-state index contributed by atoms with van der Waals surface area (Å²) in [7, 11) is 0. The summed E-state index contributed by atoms with van der Waals surface area (Å²) >= 11 is 0. The molecule has 1 saturated carbocycles. The van der Waals surface area contributed by atoms with E-state index in [1.54, 1.807) is 0 Å². The molecule has 2 heterocycles. The van der Waals surface area contributed by atoms with Gasteiger partial charge in [-0.1, -0.05) is 36.8 Å². The zero-order chi connectivity index (χ0) is 20.1. The van der Waals surface area contributed by atoms with Gasteiger partial charge in [0.15, 0.2) is 0 Å². The highest BCUT2D eigenvalue weighted by Crippen LogP contribution is 2.41. The maximum absolute atomic E-state index is 14.1. The number of hydrogen-bond acceptors (Lipinski definition) is 2. The van der Waals surface area contributed by atoms with E-state index in [2.05, 4.69) is 18.1 Å². The summed E-state index contributed by atoms with van der Waals surface area (Å²) in [6.45, 7) is 5.56. The van der Waals surface area contributed by atoms with Crippen LogP contribution in [0.2, 0.25) is 0 Å². The Morgan fingerprint density at radius 1 is 1.25 bits per heavy atom. The fraction of sp³-hybridized carbons (Fsp3) is 0.545. The van der Waals surface area contributed by atoms with Gasteiger partial charge in [0.05, 0.1) is 11.7 Å². The minimum Gasteiger partial charge on any atom is -0.334 e. The number of carbonyl (C=O) groups excluding carboxylic acids is 1. The number of hydrogen-bond donors (Lipinski definition) is 0. The standard InChI is InChI=1S/C22H27F2N3O/c1-14-5-4-6-17(11-14)21-15(2)9-10-26(21)20(28)13-27-19(22(3,23)24)12-18(25-27)16-7-8-16/h4-6,11-12,15-16,21H,7-10,13H2,1-3H3/t15-,21?/m1/s1. The molecule has 1 aliphatic carbocycles. The highest BCUT2D eigenvalue weighted by Gasteiger charge is 2.38. The van der Waals surface area contributed by atoms with Crippen LogP contribution in [0.15, 0.2) is 30.3 Å². The number of nitrogens with zero attached hydrogens (tertiary/aromatic N) is 3. The zero-order valence-electron chi connectivity index (χ0n) is 16.7. The number of aromatic nitrogens is 2. The van der Waals surface area contributed by atoms with Crippen molar-refractivity contribution >= 4 is 5.91 Å². The Morgan fingerprint density at radius 3 is 2.64 bits per heavy atom. The number of alkyl halides is 2. The molecule has 6 heteroatoms. The number of halogens is 2. The fourth-order valence-corrected chi connectivity index (χ4v) is 4.30. The lowest BCUT2D eigenvalue weighted by atomic mass is 9.94. The average Bonchev–Trinajstić information content (AvgIpc) is 3.26. The van der Waals surface area contributed by atoms with Gasteiger partial charge in [-0.3, -0.25) is 9.48 Å². The molecule has 150 valence electrons. The molecule has 1 amide bonds. The molecule has 4 nitrogen and oxygen atoms in total. The Bertz CT molecular complexity index is 882. The molecule has 2 aromatic rings. The number of likely N-dealkylation sites (tertiary alicyclic amines) is 1. The minimum absolute atomic E-state index is 0.0172. The molecule has 2 fully saturated rings. The highest BCUT2D eigenvalue weighted by atomic mass is 19.3. The summed E-state index contributed by atoms with van der Waals surface area (Å²) in [5.41, 5.74) is 2.79. The molecule has 1 aliphatic heterocycles. The topological polar surface area (TPSA) is 38.1 Å². The monoisotopic (exact) mass is 387 g/mol. The van der Waals surface area contributed by atoms with Crippen LogP contribution in [-0.4, -0.2) is 27.1 Å². The quantitative estimate of drug-likeness (QED) is 0.740. The lowest BCUT2D eigenvalue weighted by Crippen LogP contribution is -2.35. The largest absolute Gasteiger partial charge is 0.334 e. The first-order valence-electron chi connectivity index (χ1n) is 10.1. The van der Waals surface area contributed by atoms with Crippen LogP contribution >= 0.6 is 0 Å². The molecule has 1 unspecified atom stereocenters. The van der Waals surface area contributed by atoms with E-state index in [-0.39, 0.29) is 30.1 Å². The molecule has 0 spiro atoms. The van der Waals surface area contributed by atoms with Crippen LogP contribution < -0.4 is 0 Å². The normalized spacial score (nSPS) is 22.7. The predicted octanol–water partition coefficient (Wildman–Crippen LogP) is 4.79. The van der Waals surface area contributed by atoms with Crippen LogP contribution in [0.3, 0.4) is 0 Å². The minimum atomic E-state index is -3.02. The summed E-state index contributed by atoms with van der Waals surface area (Å²) in [6.07, 6.45) is 2.88. The van der Waals surface area contributed by atoms with E-state index in [1.165, 1.54) is 10.7 Å². The number of benzene rings is 1. The lowest BCUT2D eigenvalue weighted by Gasteiger charge is -2.28. The number of carbonyl (C=O) groups is 1. The van der Waals surface area contributed by atoms with Gasteiger partial charge in [-0.2, -0.15) is 13.9 Å². The third-order valence-corrected chi connectivity index (χ3v) is 5.93. The predicted molar refractivity (Wildman–Crippen MR) is 103 cm³/mol. The van der Waals surface area contributed by atoms with Crippen molar-refractivity contribution in [2.75, 3.05) is 6.54 Å². The van der Waals surface area contributed by atoms with E-state index in [9.17, 15) is 13.6 Å². The van der Waals surface area contributed by atoms with Crippen LogP contribution in [0.5, 0.6) is 0 Å². The van der Waals surface area contributed by atoms with E-state index >= 15 is 0 Å². The summed E-state index contributed by atoms with van der Waals surface area (Å²) in [5.74, 6) is -2.57. The van der Waals surface area contributed by atoms with Gasteiger partial charge < -0.3 is 4.90 Å². The second kappa shape index (κ2) is 6.98. The molecule has 1 aromatic heterocycles. The van der Waals surface area contributed by atoms with Crippen LogP contribution in [0.25, 0.3) is 0 Å². The average molecular weight is 387 g/mol. The summed E-state index contributed by atoms with van der Waals surface area (Å²) in [4.78, 5) is 15.0. The maximum atomic E-state index is 14.1. The Labute approximate surface area is 164 Å². The molecule has 1 saturated heterocycles. The van der Waals surface area contributed by atoms with Gasteiger partial charge in [-0.15, -0.1) is 0 Å². The summed E-state index contributed by atoms with van der Waals surface area (Å²) in [6, 6.07) is 9.66. The smallest absolute Gasteiger partial charge is 0.286 e. The zero-order valence-corrected chi connectivity index (χ0v) is 16.7. The Balaban J connectivity index is 1.59. The van der Waals surface area contributed by atoms with Gasteiger partial charge in [0.2, 0.25) is 5.91 Å². The molecule has 0 radical (unpaired) electrons. The van der Waals surface area contributed by atoms with E-state index < -0.39 is 5.92 Å². The molecule has 28 heavy (non-hydrogen) atoms. The van der Waals surface area contributed by atoms with Crippen molar-refractivity contribution in [1.82, 2.24) is 14.7 Å². The van der Waals surface area contributed by atoms with Gasteiger partial charge in [0.25, 0.3) is 5.92 Å². The van der Waals surface area contributed by atoms with Crippen LogP contribution in [-0.2, 0) is 17.3 Å². The first-order chi connectivity index (χ1) is 13.2. The second-order valence-electron chi connectivity index (χ2n) is 8.49. The van der Waals surface area contributed by atoms with Crippen LogP contribution in [0.1, 0.15) is 67.6 Å². The van der Waals surface area contributed by atoms with E-state index in [0.717, 1.165) is 37.3 Å². The maximum Gasteiger partial charge on any atom is 0.286 e. The third kappa shape index (κ3) is 3.69. The molecule has 2 atom stereocenters. The van der Waals surface area contributed by atoms with E-state index in [0.29, 0.717) is 18.2 Å². The number of rotatable bonds is 5. The van der Waals surface area contributed by atoms with Crippen molar-refractivity contribution in [3.63, 3.8) is 0 Å². The Kier molecular flexibility index (Phi) is 4.76. The first kappa shape index (κ1) is 19.1. The van der Waals surface area contributed by atoms with Gasteiger partial charge in [-0.25, -0.2) is 0 Å². The first-order valence-corrected chi connectivity index (χ1v) is 10.1. The number of amides is 1. The Hall–Kier alpha value is -2.24. The van der Waals surface area contributed by atoms with E-state index in [1.807, 2.05) is 30.0 Å².